The van der Waals surface area contributed by atoms with Crippen LogP contribution in [-0.4, -0.2) is 40.5 Å². The van der Waals surface area contributed by atoms with Gasteiger partial charge in [-0.2, -0.15) is 0 Å². The van der Waals surface area contributed by atoms with Crippen LogP contribution in [0.25, 0.3) is 0 Å². The van der Waals surface area contributed by atoms with Crippen molar-refractivity contribution >= 4 is 33.7 Å². The number of carbonyl (C=O) groups is 1. The fourth-order valence-electron chi connectivity index (χ4n) is 2.21. The van der Waals surface area contributed by atoms with Crippen molar-refractivity contribution in [2.24, 2.45) is 0 Å². The Balaban J connectivity index is 1.59. The van der Waals surface area contributed by atoms with Gasteiger partial charge >= 0.3 is 0 Å². The molecule has 0 aliphatic carbocycles. The number of hydrogen-bond acceptors (Lipinski definition) is 7. The molecule has 3 heterocycles. The van der Waals surface area contributed by atoms with E-state index in [0.29, 0.717) is 11.7 Å². The summed E-state index contributed by atoms with van der Waals surface area (Å²) < 4.78 is 5.78. The molecule has 0 bridgehead atoms. The molecule has 6 nitrogen and oxygen atoms in total. The molecule has 3 rings (SSSR count). The maximum absolute atomic E-state index is 11.0. The van der Waals surface area contributed by atoms with Crippen molar-refractivity contribution in [2.75, 3.05) is 25.0 Å². The summed E-state index contributed by atoms with van der Waals surface area (Å²) >= 11 is 3.08. The van der Waals surface area contributed by atoms with Crippen molar-refractivity contribution in [3.63, 3.8) is 0 Å². The van der Waals surface area contributed by atoms with Crippen LogP contribution >= 0.6 is 22.7 Å². The third kappa shape index (κ3) is 3.85. The van der Waals surface area contributed by atoms with Gasteiger partial charge < -0.3 is 10.1 Å². The molecule has 0 spiro atoms. The smallest absolute Gasteiger partial charge is 0.223 e. The second-order valence-corrected chi connectivity index (χ2v) is 6.57. The first-order chi connectivity index (χ1) is 10.2. The number of morpholine rings is 1. The summed E-state index contributed by atoms with van der Waals surface area (Å²) in [5.41, 5.74) is 0.975. The highest BCUT2D eigenvalue weighted by Gasteiger charge is 2.24. The first-order valence-electron chi connectivity index (χ1n) is 6.66. The van der Waals surface area contributed by atoms with Crippen LogP contribution < -0.4 is 5.32 Å². The Hall–Kier alpha value is -1.35. The maximum atomic E-state index is 11.0. The number of hydrogen-bond donors (Lipinski definition) is 1. The molecule has 1 unspecified atom stereocenters. The summed E-state index contributed by atoms with van der Waals surface area (Å²) in [5.74, 6) is -0.0916. The summed E-state index contributed by atoms with van der Waals surface area (Å²) in [5, 5.41) is 8.35. The van der Waals surface area contributed by atoms with Crippen molar-refractivity contribution in [2.45, 2.75) is 19.6 Å². The predicted molar refractivity (Wildman–Crippen MR) is 82.5 cm³/mol. The summed E-state index contributed by atoms with van der Waals surface area (Å²) in [6, 6.07) is 0. The molecule has 1 amide bonds. The number of nitrogens with zero attached hydrogens (tertiary/aromatic N) is 3. The van der Waals surface area contributed by atoms with Crippen LogP contribution in [0.5, 0.6) is 0 Å². The van der Waals surface area contributed by atoms with Crippen LogP contribution in [0, 0.1) is 0 Å². The molecule has 0 radical (unpaired) electrons. The van der Waals surface area contributed by atoms with Crippen LogP contribution in [0.3, 0.4) is 0 Å². The summed E-state index contributed by atoms with van der Waals surface area (Å²) in [6.07, 6.45) is 1.86. The molecule has 1 atom stereocenters. The monoisotopic (exact) mass is 324 g/mol. The second-order valence-electron chi connectivity index (χ2n) is 4.79. The lowest BCUT2D eigenvalue weighted by Crippen LogP contribution is -2.37. The SMILES string of the molecule is CC(=O)Nc1nc(CN2CCOC(c3nccs3)C2)cs1. The number of nitrogens with one attached hydrogen (secondary N) is 1. The third-order valence-electron chi connectivity index (χ3n) is 3.10. The molecule has 0 saturated carbocycles. The van der Waals surface area contributed by atoms with Gasteiger partial charge in [0.1, 0.15) is 11.1 Å². The standard InChI is InChI=1S/C13H16N4O2S2/c1-9(18)15-13-16-10(8-21-13)6-17-3-4-19-11(7-17)12-14-2-5-20-12/h2,5,8,11H,3-4,6-7H2,1H3,(H,15,16,18). The molecular weight excluding hydrogens is 308 g/mol. The first-order valence-corrected chi connectivity index (χ1v) is 8.42. The van der Waals surface area contributed by atoms with E-state index in [0.717, 1.165) is 30.3 Å². The van der Waals surface area contributed by atoms with Crippen LogP contribution in [0.2, 0.25) is 0 Å². The van der Waals surface area contributed by atoms with E-state index in [2.05, 4.69) is 20.2 Å². The molecule has 1 N–H and O–H groups in total. The quantitative estimate of drug-likeness (QED) is 0.933. The molecule has 2 aromatic heterocycles. The van der Waals surface area contributed by atoms with Gasteiger partial charge in [0.25, 0.3) is 0 Å². The Kier molecular flexibility index (Phi) is 4.59. The Labute approximate surface area is 130 Å². The highest BCUT2D eigenvalue weighted by molar-refractivity contribution is 7.13. The van der Waals surface area contributed by atoms with E-state index in [1.807, 2.05) is 17.0 Å². The van der Waals surface area contributed by atoms with Gasteiger partial charge in [0.2, 0.25) is 5.91 Å². The number of aromatic nitrogens is 2. The molecule has 1 aliphatic heterocycles. The topological polar surface area (TPSA) is 67.4 Å². The molecule has 0 aromatic carbocycles. The van der Waals surface area contributed by atoms with Gasteiger partial charge in [0.15, 0.2) is 5.13 Å². The third-order valence-corrected chi connectivity index (χ3v) is 4.77. The van der Waals surface area contributed by atoms with Gasteiger partial charge in [0, 0.05) is 43.5 Å². The van der Waals surface area contributed by atoms with E-state index in [1.54, 1.807) is 11.3 Å². The number of carbonyl (C=O) groups excluding carboxylic acids is 1. The van der Waals surface area contributed by atoms with Gasteiger partial charge in [-0.05, 0) is 0 Å². The molecule has 1 fully saturated rings. The Bertz CT molecular complexity index is 599. The van der Waals surface area contributed by atoms with Crippen molar-refractivity contribution in [3.8, 4) is 0 Å². The van der Waals surface area contributed by atoms with Crippen molar-refractivity contribution in [3.05, 3.63) is 27.7 Å². The zero-order valence-electron chi connectivity index (χ0n) is 11.6. The van der Waals surface area contributed by atoms with E-state index in [9.17, 15) is 4.79 Å². The Morgan fingerprint density at radius 1 is 1.57 bits per heavy atom. The van der Waals surface area contributed by atoms with E-state index < -0.39 is 0 Å². The number of rotatable bonds is 4. The average Bonchev–Trinajstić information content (AvgIpc) is 3.10. The normalized spacial score (nSPS) is 19.6. The predicted octanol–water partition coefficient (Wildman–Crippen LogP) is 2.13. The molecule has 1 saturated heterocycles. The zero-order chi connectivity index (χ0) is 14.7. The minimum Gasteiger partial charge on any atom is -0.368 e. The highest BCUT2D eigenvalue weighted by atomic mass is 32.1. The molecule has 1 aliphatic rings. The van der Waals surface area contributed by atoms with E-state index in [4.69, 9.17) is 4.74 Å². The van der Waals surface area contributed by atoms with Gasteiger partial charge in [0.05, 0.1) is 12.3 Å². The van der Waals surface area contributed by atoms with E-state index in [1.165, 1.54) is 18.3 Å². The van der Waals surface area contributed by atoms with E-state index in [-0.39, 0.29) is 12.0 Å². The maximum Gasteiger partial charge on any atom is 0.223 e. The molecule has 2 aromatic rings. The molecule has 8 heteroatoms. The minimum absolute atomic E-state index is 0.0483. The summed E-state index contributed by atoms with van der Waals surface area (Å²) in [4.78, 5) is 22.1. The van der Waals surface area contributed by atoms with E-state index >= 15 is 0 Å². The van der Waals surface area contributed by atoms with Crippen molar-refractivity contribution in [1.82, 2.24) is 14.9 Å². The fourth-order valence-corrected chi connectivity index (χ4v) is 3.63. The van der Waals surface area contributed by atoms with Crippen molar-refractivity contribution in [1.29, 1.82) is 0 Å². The first kappa shape index (κ1) is 14.6. The molecular formula is C13H16N4O2S2. The van der Waals surface area contributed by atoms with Gasteiger partial charge in [-0.15, -0.1) is 22.7 Å². The number of thiazole rings is 2. The minimum atomic E-state index is -0.0916. The number of amides is 1. The lowest BCUT2D eigenvalue weighted by atomic mass is 10.2. The Morgan fingerprint density at radius 2 is 2.48 bits per heavy atom. The lowest BCUT2D eigenvalue weighted by molar-refractivity contribution is -0.114. The van der Waals surface area contributed by atoms with Crippen molar-refractivity contribution < 1.29 is 9.53 Å². The van der Waals surface area contributed by atoms with Gasteiger partial charge in [-0.1, -0.05) is 0 Å². The van der Waals surface area contributed by atoms with Crippen LogP contribution in [0.4, 0.5) is 5.13 Å². The van der Waals surface area contributed by atoms with Crippen LogP contribution in [0.15, 0.2) is 17.0 Å². The van der Waals surface area contributed by atoms with Gasteiger partial charge in [-0.3, -0.25) is 9.69 Å². The van der Waals surface area contributed by atoms with Crippen LogP contribution in [-0.2, 0) is 16.1 Å². The van der Waals surface area contributed by atoms with Crippen LogP contribution in [0.1, 0.15) is 23.7 Å². The number of anilines is 1. The highest BCUT2D eigenvalue weighted by Crippen LogP contribution is 2.25. The average molecular weight is 324 g/mol. The largest absolute Gasteiger partial charge is 0.368 e. The zero-order valence-corrected chi connectivity index (χ0v) is 13.2. The summed E-state index contributed by atoms with van der Waals surface area (Å²) in [7, 11) is 0. The molecule has 112 valence electrons. The molecule has 21 heavy (non-hydrogen) atoms. The fraction of sp³-hybridized carbons (Fsp3) is 0.462. The summed E-state index contributed by atoms with van der Waals surface area (Å²) in [6.45, 7) is 4.66. The lowest BCUT2D eigenvalue weighted by Gasteiger charge is -2.31. The number of ether oxygens (including phenoxy) is 1. The Morgan fingerprint density at radius 3 is 3.24 bits per heavy atom. The second kappa shape index (κ2) is 6.61. The van der Waals surface area contributed by atoms with Gasteiger partial charge in [-0.25, -0.2) is 9.97 Å².